The third kappa shape index (κ3) is 2.29. The third-order valence-electron chi connectivity index (χ3n) is 1.94. The number of aryl methyl sites for hydroxylation is 2. The van der Waals surface area contributed by atoms with Gasteiger partial charge in [-0.2, -0.15) is 5.21 Å². The molecule has 0 aliphatic rings. The Balaban J connectivity index is 1.95. The number of aromatic amines is 1. The topological polar surface area (TPSA) is 54.5 Å². The summed E-state index contributed by atoms with van der Waals surface area (Å²) in [4.78, 5) is 0. The summed E-state index contributed by atoms with van der Waals surface area (Å²) in [6.45, 7) is 0. The molecule has 1 heterocycles. The molecule has 72 valence electrons. The minimum absolute atomic E-state index is 0.736. The maximum absolute atomic E-state index is 5.77. The van der Waals surface area contributed by atoms with Crippen molar-refractivity contribution in [2.45, 2.75) is 12.8 Å². The van der Waals surface area contributed by atoms with E-state index < -0.39 is 0 Å². The molecule has 2 rings (SSSR count). The molecule has 0 saturated carbocycles. The average molecular weight is 209 g/mol. The summed E-state index contributed by atoms with van der Waals surface area (Å²) in [6.07, 6.45) is 1.69. The van der Waals surface area contributed by atoms with Crippen LogP contribution in [-0.4, -0.2) is 20.6 Å². The average Bonchev–Trinajstić information content (AvgIpc) is 2.70. The number of nitrogens with one attached hydrogen (secondary N) is 1. The second-order valence-corrected chi connectivity index (χ2v) is 3.39. The molecule has 2 aromatic rings. The summed E-state index contributed by atoms with van der Waals surface area (Å²) < 4.78 is 0. The summed E-state index contributed by atoms with van der Waals surface area (Å²) in [7, 11) is 0. The van der Waals surface area contributed by atoms with Gasteiger partial charge in [-0.05, 0) is 24.1 Å². The fraction of sp³-hybridized carbons (Fsp3) is 0.222. The number of hydrogen-bond acceptors (Lipinski definition) is 3. The van der Waals surface area contributed by atoms with Gasteiger partial charge in [0.2, 0.25) is 0 Å². The van der Waals surface area contributed by atoms with E-state index in [1.807, 2.05) is 24.3 Å². The highest BCUT2D eigenvalue weighted by atomic mass is 35.5. The Kier molecular flexibility index (Phi) is 2.74. The first-order valence-electron chi connectivity index (χ1n) is 4.31. The van der Waals surface area contributed by atoms with Gasteiger partial charge in [-0.15, -0.1) is 10.2 Å². The molecule has 0 saturated heterocycles. The van der Waals surface area contributed by atoms with Gasteiger partial charge in [0, 0.05) is 11.4 Å². The normalized spacial score (nSPS) is 10.4. The number of hydrogen-bond donors (Lipinski definition) is 1. The van der Waals surface area contributed by atoms with Crippen molar-refractivity contribution in [2.75, 3.05) is 0 Å². The lowest BCUT2D eigenvalue weighted by Crippen LogP contribution is -1.93. The van der Waals surface area contributed by atoms with E-state index in [9.17, 15) is 0 Å². The maximum Gasteiger partial charge on any atom is 0.174 e. The zero-order chi connectivity index (χ0) is 9.80. The fourth-order valence-corrected chi connectivity index (χ4v) is 1.32. The van der Waals surface area contributed by atoms with Crippen molar-refractivity contribution >= 4 is 11.6 Å². The molecule has 0 amide bonds. The molecule has 1 aromatic heterocycles. The number of aromatic nitrogens is 4. The summed E-state index contributed by atoms with van der Waals surface area (Å²) in [6, 6.07) is 7.77. The quantitative estimate of drug-likeness (QED) is 0.835. The summed E-state index contributed by atoms with van der Waals surface area (Å²) in [5.74, 6) is 0.736. The molecule has 0 radical (unpaired) electrons. The van der Waals surface area contributed by atoms with Crippen LogP contribution >= 0.6 is 11.6 Å². The Hall–Kier alpha value is -1.42. The van der Waals surface area contributed by atoms with E-state index in [2.05, 4.69) is 20.6 Å². The van der Waals surface area contributed by atoms with Gasteiger partial charge in [-0.25, -0.2) is 0 Å². The lowest BCUT2D eigenvalue weighted by molar-refractivity contribution is 0.864. The molecule has 1 aromatic carbocycles. The molecular weight excluding hydrogens is 200 g/mol. The van der Waals surface area contributed by atoms with Crippen LogP contribution in [-0.2, 0) is 12.8 Å². The maximum atomic E-state index is 5.77. The lowest BCUT2D eigenvalue weighted by Gasteiger charge is -1.97. The first-order valence-corrected chi connectivity index (χ1v) is 4.69. The first-order chi connectivity index (χ1) is 6.84. The van der Waals surface area contributed by atoms with Crippen LogP contribution in [0.15, 0.2) is 24.3 Å². The Morgan fingerprint density at radius 3 is 2.57 bits per heavy atom. The van der Waals surface area contributed by atoms with Gasteiger partial charge >= 0.3 is 0 Å². The highest BCUT2D eigenvalue weighted by molar-refractivity contribution is 6.30. The van der Waals surface area contributed by atoms with Gasteiger partial charge in [0.15, 0.2) is 5.82 Å². The van der Waals surface area contributed by atoms with Crippen molar-refractivity contribution in [3.63, 3.8) is 0 Å². The summed E-state index contributed by atoms with van der Waals surface area (Å²) in [5.41, 5.74) is 1.22. The van der Waals surface area contributed by atoms with E-state index in [0.717, 1.165) is 23.7 Å². The lowest BCUT2D eigenvalue weighted by atomic mass is 10.1. The highest BCUT2D eigenvalue weighted by Crippen LogP contribution is 2.10. The minimum atomic E-state index is 0.736. The van der Waals surface area contributed by atoms with Crippen molar-refractivity contribution in [2.24, 2.45) is 0 Å². The van der Waals surface area contributed by atoms with Gasteiger partial charge in [-0.3, -0.25) is 0 Å². The standard InChI is InChI=1S/C9H9ClN4/c10-8-4-1-7(2-5-8)3-6-9-11-13-14-12-9/h1-2,4-5H,3,6H2,(H,11,12,13,14). The molecule has 0 bridgehead atoms. The zero-order valence-electron chi connectivity index (χ0n) is 7.44. The number of rotatable bonds is 3. The van der Waals surface area contributed by atoms with E-state index >= 15 is 0 Å². The largest absolute Gasteiger partial charge is 0.177 e. The Labute approximate surface area is 86.3 Å². The number of tetrazole rings is 1. The highest BCUT2D eigenvalue weighted by Gasteiger charge is 1.99. The Bertz CT molecular complexity index is 382. The van der Waals surface area contributed by atoms with E-state index in [1.165, 1.54) is 5.56 Å². The SMILES string of the molecule is Clc1ccc(CCc2nn[nH]n2)cc1. The molecule has 0 fully saturated rings. The number of nitrogens with zero attached hydrogens (tertiary/aromatic N) is 3. The fourth-order valence-electron chi connectivity index (χ4n) is 1.20. The van der Waals surface area contributed by atoms with Gasteiger partial charge in [-0.1, -0.05) is 28.9 Å². The van der Waals surface area contributed by atoms with Gasteiger partial charge in [0.1, 0.15) is 0 Å². The van der Waals surface area contributed by atoms with Crippen molar-refractivity contribution < 1.29 is 0 Å². The number of benzene rings is 1. The van der Waals surface area contributed by atoms with Gasteiger partial charge in [0.25, 0.3) is 0 Å². The second-order valence-electron chi connectivity index (χ2n) is 2.95. The van der Waals surface area contributed by atoms with Gasteiger partial charge < -0.3 is 0 Å². The molecule has 4 nitrogen and oxygen atoms in total. The molecule has 5 heteroatoms. The Morgan fingerprint density at radius 2 is 1.93 bits per heavy atom. The van der Waals surface area contributed by atoms with Crippen LogP contribution in [0.4, 0.5) is 0 Å². The van der Waals surface area contributed by atoms with Crippen LogP contribution in [0.3, 0.4) is 0 Å². The van der Waals surface area contributed by atoms with Crippen LogP contribution in [0.1, 0.15) is 11.4 Å². The monoisotopic (exact) mass is 208 g/mol. The molecule has 0 aliphatic carbocycles. The van der Waals surface area contributed by atoms with Gasteiger partial charge in [0.05, 0.1) is 0 Å². The predicted octanol–water partition coefficient (Wildman–Crippen LogP) is 1.64. The second kappa shape index (κ2) is 4.19. The first kappa shape index (κ1) is 9.15. The van der Waals surface area contributed by atoms with E-state index in [0.29, 0.717) is 0 Å². The molecule has 0 spiro atoms. The number of halogens is 1. The van der Waals surface area contributed by atoms with E-state index in [1.54, 1.807) is 0 Å². The molecule has 14 heavy (non-hydrogen) atoms. The van der Waals surface area contributed by atoms with Crippen LogP contribution in [0.5, 0.6) is 0 Å². The number of H-pyrrole nitrogens is 1. The molecule has 0 aliphatic heterocycles. The minimum Gasteiger partial charge on any atom is -0.177 e. The summed E-state index contributed by atoms with van der Waals surface area (Å²) >= 11 is 5.77. The zero-order valence-corrected chi connectivity index (χ0v) is 8.20. The van der Waals surface area contributed by atoms with E-state index in [-0.39, 0.29) is 0 Å². The Morgan fingerprint density at radius 1 is 1.14 bits per heavy atom. The summed E-state index contributed by atoms with van der Waals surface area (Å²) in [5, 5.41) is 14.4. The van der Waals surface area contributed by atoms with Crippen LogP contribution < -0.4 is 0 Å². The predicted molar refractivity (Wildman–Crippen MR) is 53.0 cm³/mol. The third-order valence-corrected chi connectivity index (χ3v) is 2.19. The van der Waals surface area contributed by atoms with Crippen LogP contribution in [0.2, 0.25) is 5.02 Å². The smallest absolute Gasteiger partial charge is 0.174 e. The van der Waals surface area contributed by atoms with Crippen molar-refractivity contribution in [1.29, 1.82) is 0 Å². The molecule has 1 N–H and O–H groups in total. The van der Waals surface area contributed by atoms with Crippen LogP contribution in [0, 0.1) is 0 Å². The van der Waals surface area contributed by atoms with Crippen LogP contribution in [0.25, 0.3) is 0 Å². The van der Waals surface area contributed by atoms with Crippen molar-refractivity contribution in [1.82, 2.24) is 20.6 Å². The molecule has 0 unspecified atom stereocenters. The van der Waals surface area contributed by atoms with Crippen molar-refractivity contribution in [3.05, 3.63) is 40.7 Å². The molecular formula is C9H9ClN4. The molecule has 0 atom stereocenters. The van der Waals surface area contributed by atoms with Crippen molar-refractivity contribution in [3.8, 4) is 0 Å². The van der Waals surface area contributed by atoms with E-state index in [4.69, 9.17) is 11.6 Å².